The van der Waals surface area contributed by atoms with Gasteiger partial charge in [0.1, 0.15) is 0 Å². The predicted molar refractivity (Wildman–Crippen MR) is 60.5 cm³/mol. The summed E-state index contributed by atoms with van der Waals surface area (Å²) >= 11 is 5.95. The first-order chi connectivity index (χ1) is 6.74. The normalized spacial score (nSPS) is 19.0. The lowest BCUT2D eigenvalue weighted by Crippen LogP contribution is -2.39. The topological polar surface area (TPSA) is 26.0 Å². The molecule has 0 amide bonds. The Morgan fingerprint density at radius 1 is 1.36 bits per heavy atom. The van der Waals surface area contributed by atoms with Gasteiger partial charge in [0.05, 0.1) is 0 Å². The lowest BCUT2D eigenvalue weighted by Gasteiger charge is -2.41. The fourth-order valence-electron chi connectivity index (χ4n) is 2.21. The number of benzene rings is 1. The van der Waals surface area contributed by atoms with Gasteiger partial charge < -0.3 is 5.73 Å². The summed E-state index contributed by atoms with van der Waals surface area (Å²) in [7, 11) is 0. The van der Waals surface area contributed by atoms with E-state index < -0.39 is 0 Å². The zero-order chi connectivity index (χ0) is 10.0. The van der Waals surface area contributed by atoms with Crippen LogP contribution in [-0.2, 0) is 6.42 Å². The molecule has 0 bridgehead atoms. The van der Waals surface area contributed by atoms with Crippen molar-refractivity contribution in [1.82, 2.24) is 0 Å². The van der Waals surface area contributed by atoms with Crippen LogP contribution >= 0.6 is 11.6 Å². The number of halogens is 1. The van der Waals surface area contributed by atoms with Crippen LogP contribution in [0, 0.1) is 5.41 Å². The molecule has 0 aliphatic heterocycles. The third kappa shape index (κ3) is 1.94. The number of hydrogen-bond donors (Lipinski definition) is 1. The van der Waals surface area contributed by atoms with E-state index in [4.69, 9.17) is 17.3 Å². The van der Waals surface area contributed by atoms with E-state index in [9.17, 15) is 0 Å². The molecule has 1 nitrogen and oxygen atoms in total. The largest absolute Gasteiger partial charge is 0.330 e. The molecule has 0 unspecified atom stereocenters. The van der Waals surface area contributed by atoms with Gasteiger partial charge in [0, 0.05) is 5.02 Å². The highest BCUT2D eigenvalue weighted by atomic mass is 35.5. The molecule has 2 N–H and O–H groups in total. The molecule has 0 heterocycles. The third-order valence-corrected chi connectivity index (χ3v) is 3.55. The van der Waals surface area contributed by atoms with Crippen molar-refractivity contribution in [2.75, 3.05) is 6.54 Å². The minimum Gasteiger partial charge on any atom is -0.330 e. The Hall–Kier alpha value is -0.530. The number of hydrogen-bond acceptors (Lipinski definition) is 1. The lowest BCUT2D eigenvalue weighted by molar-refractivity contribution is 0.145. The van der Waals surface area contributed by atoms with Crippen molar-refractivity contribution in [3.63, 3.8) is 0 Å². The monoisotopic (exact) mass is 209 g/mol. The van der Waals surface area contributed by atoms with E-state index in [1.54, 1.807) is 0 Å². The summed E-state index contributed by atoms with van der Waals surface area (Å²) < 4.78 is 0. The van der Waals surface area contributed by atoms with Crippen LogP contribution in [0.2, 0.25) is 5.02 Å². The average molecular weight is 210 g/mol. The van der Waals surface area contributed by atoms with E-state index in [1.807, 2.05) is 12.1 Å². The van der Waals surface area contributed by atoms with Crippen LogP contribution in [0.25, 0.3) is 0 Å². The van der Waals surface area contributed by atoms with Gasteiger partial charge in [-0.25, -0.2) is 0 Å². The quantitative estimate of drug-likeness (QED) is 0.814. The minimum absolute atomic E-state index is 0.380. The SMILES string of the molecule is NCC1(Cc2cccc(Cl)c2)CCC1. The van der Waals surface area contributed by atoms with Crippen molar-refractivity contribution < 1.29 is 0 Å². The molecule has 2 rings (SSSR count). The highest BCUT2D eigenvalue weighted by molar-refractivity contribution is 6.30. The van der Waals surface area contributed by atoms with Crippen LogP contribution in [0.3, 0.4) is 0 Å². The van der Waals surface area contributed by atoms with Gasteiger partial charge >= 0.3 is 0 Å². The summed E-state index contributed by atoms with van der Waals surface area (Å²) in [4.78, 5) is 0. The Labute approximate surface area is 90.3 Å². The van der Waals surface area contributed by atoms with Gasteiger partial charge in [-0.2, -0.15) is 0 Å². The molecular formula is C12H16ClN. The second kappa shape index (κ2) is 3.92. The molecule has 0 aromatic heterocycles. The van der Waals surface area contributed by atoms with Crippen molar-refractivity contribution in [3.05, 3.63) is 34.9 Å². The van der Waals surface area contributed by atoms with Gasteiger partial charge in [-0.05, 0) is 48.9 Å². The zero-order valence-electron chi connectivity index (χ0n) is 8.30. The standard InChI is InChI=1S/C12H16ClN/c13-11-4-1-3-10(7-11)8-12(9-14)5-2-6-12/h1,3-4,7H,2,5-6,8-9,14H2. The van der Waals surface area contributed by atoms with Crippen molar-refractivity contribution >= 4 is 11.6 Å². The number of rotatable bonds is 3. The lowest BCUT2D eigenvalue weighted by atomic mass is 9.65. The van der Waals surface area contributed by atoms with Crippen molar-refractivity contribution in [2.45, 2.75) is 25.7 Å². The fraction of sp³-hybridized carbons (Fsp3) is 0.500. The fourth-order valence-corrected chi connectivity index (χ4v) is 2.42. The molecule has 76 valence electrons. The highest BCUT2D eigenvalue weighted by Gasteiger charge is 2.35. The van der Waals surface area contributed by atoms with Gasteiger partial charge in [-0.1, -0.05) is 30.2 Å². The summed E-state index contributed by atoms with van der Waals surface area (Å²) in [5.74, 6) is 0. The molecule has 1 saturated carbocycles. The van der Waals surface area contributed by atoms with E-state index in [1.165, 1.54) is 24.8 Å². The molecule has 1 aliphatic rings. The van der Waals surface area contributed by atoms with Crippen LogP contribution < -0.4 is 5.73 Å². The summed E-state index contributed by atoms with van der Waals surface area (Å²) in [6.45, 7) is 0.805. The summed E-state index contributed by atoms with van der Waals surface area (Å²) in [5, 5.41) is 0.828. The van der Waals surface area contributed by atoms with Crippen molar-refractivity contribution in [3.8, 4) is 0 Å². The Bertz CT molecular complexity index is 312. The second-order valence-corrected chi connectivity index (χ2v) is 4.80. The molecule has 1 aliphatic carbocycles. The van der Waals surface area contributed by atoms with Crippen LogP contribution in [0.4, 0.5) is 0 Å². The van der Waals surface area contributed by atoms with Crippen LogP contribution in [0.5, 0.6) is 0 Å². The molecule has 0 spiro atoms. The highest BCUT2D eigenvalue weighted by Crippen LogP contribution is 2.42. The van der Waals surface area contributed by atoms with Gasteiger partial charge in [-0.3, -0.25) is 0 Å². The van der Waals surface area contributed by atoms with E-state index in [-0.39, 0.29) is 0 Å². The summed E-state index contributed by atoms with van der Waals surface area (Å²) in [6.07, 6.45) is 4.97. The van der Waals surface area contributed by atoms with E-state index in [0.717, 1.165) is 18.0 Å². The van der Waals surface area contributed by atoms with Gasteiger partial charge in [0.25, 0.3) is 0 Å². The van der Waals surface area contributed by atoms with E-state index >= 15 is 0 Å². The first kappa shape index (κ1) is 10.0. The number of nitrogens with two attached hydrogens (primary N) is 1. The minimum atomic E-state index is 0.380. The molecule has 0 atom stereocenters. The van der Waals surface area contributed by atoms with E-state index in [2.05, 4.69) is 12.1 Å². The van der Waals surface area contributed by atoms with E-state index in [0.29, 0.717) is 5.41 Å². The maximum Gasteiger partial charge on any atom is 0.0408 e. The first-order valence-electron chi connectivity index (χ1n) is 5.19. The molecule has 1 aromatic carbocycles. The molecular weight excluding hydrogens is 194 g/mol. The Kier molecular flexibility index (Phi) is 2.80. The maximum absolute atomic E-state index is 5.95. The second-order valence-electron chi connectivity index (χ2n) is 4.36. The van der Waals surface area contributed by atoms with Crippen LogP contribution in [-0.4, -0.2) is 6.54 Å². The van der Waals surface area contributed by atoms with Crippen LogP contribution in [0.1, 0.15) is 24.8 Å². The smallest absolute Gasteiger partial charge is 0.0408 e. The van der Waals surface area contributed by atoms with Crippen molar-refractivity contribution in [1.29, 1.82) is 0 Å². The Morgan fingerprint density at radius 2 is 2.14 bits per heavy atom. The Morgan fingerprint density at radius 3 is 2.64 bits per heavy atom. The molecule has 14 heavy (non-hydrogen) atoms. The molecule has 0 saturated heterocycles. The zero-order valence-corrected chi connectivity index (χ0v) is 9.06. The maximum atomic E-state index is 5.95. The first-order valence-corrected chi connectivity index (χ1v) is 5.56. The molecule has 1 fully saturated rings. The van der Waals surface area contributed by atoms with Crippen LogP contribution in [0.15, 0.2) is 24.3 Å². The van der Waals surface area contributed by atoms with Gasteiger partial charge in [0.15, 0.2) is 0 Å². The van der Waals surface area contributed by atoms with Gasteiger partial charge in [0.2, 0.25) is 0 Å². The molecule has 1 aromatic rings. The predicted octanol–water partition coefficient (Wildman–Crippen LogP) is 3.01. The van der Waals surface area contributed by atoms with Crippen molar-refractivity contribution in [2.24, 2.45) is 11.1 Å². The van der Waals surface area contributed by atoms with Gasteiger partial charge in [-0.15, -0.1) is 0 Å². The summed E-state index contributed by atoms with van der Waals surface area (Å²) in [6, 6.07) is 8.13. The molecule has 2 heteroatoms. The third-order valence-electron chi connectivity index (χ3n) is 3.32. The summed E-state index contributed by atoms with van der Waals surface area (Å²) in [5.41, 5.74) is 7.52. The Balaban J connectivity index is 2.09. The average Bonchev–Trinajstić information content (AvgIpc) is 2.11. The molecule has 0 radical (unpaired) electrons.